The Morgan fingerprint density at radius 2 is 1.72 bits per heavy atom. The van der Waals surface area contributed by atoms with Crippen molar-refractivity contribution >= 4 is 29.1 Å². The lowest BCUT2D eigenvalue weighted by Gasteiger charge is -2.16. The molecule has 0 saturated heterocycles. The number of rotatable bonds is 5. The smallest absolute Gasteiger partial charge is 0.419 e. The van der Waals surface area contributed by atoms with E-state index < -0.39 is 46.5 Å². The van der Waals surface area contributed by atoms with Crippen LogP contribution in [0.5, 0.6) is 11.5 Å². The van der Waals surface area contributed by atoms with Gasteiger partial charge in [0.05, 0.1) is 22.5 Å². The average molecular weight is 472 g/mol. The van der Waals surface area contributed by atoms with Gasteiger partial charge in [0.25, 0.3) is 11.8 Å². The van der Waals surface area contributed by atoms with E-state index in [0.29, 0.717) is 6.07 Å². The van der Waals surface area contributed by atoms with Crippen LogP contribution < -0.4 is 15.8 Å². The molecule has 166 valence electrons. The van der Waals surface area contributed by atoms with Crippen LogP contribution in [0.3, 0.4) is 0 Å². The number of hydrogen-bond donors (Lipinski definition) is 2. The predicted octanol–water partition coefficient (Wildman–Crippen LogP) is 5.18. The van der Waals surface area contributed by atoms with Gasteiger partial charge in [0.1, 0.15) is 28.6 Å². The number of carbonyl (C=O) groups excluding carboxylic acids is 2. The molecular formula is C20H11ClF5N3O3. The van der Waals surface area contributed by atoms with Crippen molar-refractivity contribution in [3.05, 3.63) is 82.1 Å². The third-order valence-electron chi connectivity index (χ3n) is 4.02. The maximum atomic E-state index is 14.8. The summed E-state index contributed by atoms with van der Waals surface area (Å²) in [5, 5.41) is 1.90. The molecule has 0 saturated carbocycles. The predicted molar refractivity (Wildman–Crippen MR) is 104 cm³/mol. The lowest BCUT2D eigenvalue weighted by Crippen LogP contribution is -2.19. The topological polar surface area (TPSA) is 94.3 Å². The van der Waals surface area contributed by atoms with Gasteiger partial charge in [-0.05, 0) is 42.5 Å². The van der Waals surface area contributed by atoms with E-state index in [1.807, 2.05) is 0 Å². The molecule has 6 nitrogen and oxygen atoms in total. The highest BCUT2D eigenvalue weighted by Crippen LogP contribution is 2.38. The first-order valence-corrected chi connectivity index (χ1v) is 8.95. The monoisotopic (exact) mass is 471 g/mol. The second-order valence-electron chi connectivity index (χ2n) is 6.23. The van der Waals surface area contributed by atoms with Crippen molar-refractivity contribution in [2.24, 2.45) is 5.73 Å². The standard InChI is InChI=1S/C20H11ClF5N3O3/c21-12-7-9(22)1-5-14(12)32-15-6-3-11(20(24,25)26)17(23)16(15)19(31)29-10-2-4-13(18(27)30)28-8-10/h1-8H,(H2,27,30)(H,29,31). The first-order chi connectivity index (χ1) is 15.0. The largest absolute Gasteiger partial charge is 0.455 e. The molecule has 0 unspecified atom stereocenters. The summed E-state index contributed by atoms with van der Waals surface area (Å²) in [5.41, 5.74) is 2.06. The van der Waals surface area contributed by atoms with Crippen LogP contribution in [0.15, 0.2) is 48.7 Å². The molecule has 2 aromatic carbocycles. The number of halogens is 6. The summed E-state index contributed by atoms with van der Waals surface area (Å²) in [7, 11) is 0. The van der Waals surface area contributed by atoms with Crippen molar-refractivity contribution in [1.29, 1.82) is 0 Å². The molecule has 0 bridgehead atoms. The fraction of sp³-hybridized carbons (Fsp3) is 0.0500. The van der Waals surface area contributed by atoms with Crippen LogP contribution in [0.25, 0.3) is 0 Å². The molecule has 0 aliphatic rings. The molecule has 0 aliphatic heterocycles. The second-order valence-corrected chi connectivity index (χ2v) is 6.63. The molecule has 3 aromatic rings. The van der Waals surface area contributed by atoms with Crippen molar-refractivity contribution in [1.82, 2.24) is 4.98 Å². The number of amides is 2. The zero-order chi connectivity index (χ0) is 23.6. The normalized spacial score (nSPS) is 11.2. The number of alkyl halides is 3. The number of nitrogens with one attached hydrogen (secondary N) is 1. The van der Waals surface area contributed by atoms with Crippen LogP contribution in [-0.2, 0) is 6.18 Å². The molecule has 0 aliphatic carbocycles. The van der Waals surface area contributed by atoms with Gasteiger partial charge < -0.3 is 15.8 Å². The molecule has 0 atom stereocenters. The van der Waals surface area contributed by atoms with Gasteiger partial charge >= 0.3 is 6.18 Å². The van der Waals surface area contributed by atoms with Crippen molar-refractivity contribution in [2.75, 3.05) is 5.32 Å². The minimum Gasteiger partial charge on any atom is -0.455 e. The molecule has 1 heterocycles. The van der Waals surface area contributed by atoms with E-state index in [4.69, 9.17) is 22.1 Å². The summed E-state index contributed by atoms with van der Waals surface area (Å²) >= 11 is 5.84. The Labute approximate surface area is 181 Å². The summed E-state index contributed by atoms with van der Waals surface area (Å²) in [6, 6.07) is 6.33. The van der Waals surface area contributed by atoms with Crippen molar-refractivity contribution in [2.45, 2.75) is 6.18 Å². The lowest BCUT2D eigenvalue weighted by atomic mass is 10.1. The third-order valence-corrected chi connectivity index (χ3v) is 4.32. The Hall–Kier alpha value is -3.73. The van der Waals surface area contributed by atoms with E-state index in [9.17, 15) is 31.5 Å². The van der Waals surface area contributed by atoms with E-state index in [1.165, 1.54) is 6.07 Å². The van der Waals surface area contributed by atoms with Gasteiger partial charge in [-0.25, -0.2) is 13.8 Å². The van der Waals surface area contributed by atoms with Crippen LogP contribution in [0.1, 0.15) is 26.4 Å². The number of benzene rings is 2. The molecule has 1 aromatic heterocycles. The summed E-state index contributed by atoms with van der Waals surface area (Å²) in [6.45, 7) is 0. The zero-order valence-electron chi connectivity index (χ0n) is 15.6. The highest BCUT2D eigenvalue weighted by molar-refractivity contribution is 6.32. The van der Waals surface area contributed by atoms with Crippen molar-refractivity contribution < 1.29 is 36.3 Å². The molecule has 3 N–H and O–H groups in total. The maximum absolute atomic E-state index is 14.8. The lowest BCUT2D eigenvalue weighted by molar-refractivity contribution is -0.140. The Morgan fingerprint density at radius 3 is 2.28 bits per heavy atom. The maximum Gasteiger partial charge on any atom is 0.419 e. The van der Waals surface area contributed by atoms with Gasteiger partial charge in [0.2, 0.25) is 0 Å². The number of hydrogen-bond acceptors (Lipinski definition) is 4. The fourth-order valence-electron chi connectivity index (χ4n) is 2.56. The minimum atomic E-state index is -5.10. The summed E-state index contributed by atoms with van der Waals surface area (Å²) < 4.78 is 72.9. The van der Waals surface area contributed by atoms with Crippen LogP contribution >= 0.6 is 11.6 Å². The first-order valence-electron chi connectivity index (χ1n) is 8.57. The first kappa shape index (κ1) is 22.9. The summed E-state index contributed by atoms with van der Waals surface area (Å²) in [4.78, 5) is 27.4. The summed E-state index contributed by atoms with van der Waals surface area (Å²) in [5.74, 6) is -5.61. The van der Waals surface area contributed by atoms with Crippen molar-refractivity contribution in [3.8, 4) is 11.5 Å². The Balaban J connectivity index is 2.03. The molecule has 0 radical (unpaired) electrons. The second kappa shape index (κ2) is 8.79. The Bertz CT molecular complexity index is 1200. The molecule has 3 rings (SSSR count). The van der Waals surface area contributed by atoms with Gasteiger partial charge in [-0.1, -0.05) is 11.6 Å². The number of aromatic nitrogens is 1. The molecular weight excluding hydrogens is 461 g/mol. The highest BCUT2D eigenvalue weighted by Gasteiger charge is 2.37. The van der Waals surface area contributed by atoms with E-state index in [-0.39, 0.29) is 22.2 Å². The molecule has 0 spiro atoms. The van der Waals surface area contributed by atoms with Crippen LogP contribution in [0.2, 0.25) is 5.02 Å². The SMILES string of the molecule is NC(=O)c1ccc(NC(=O)c2c(Oc3ccc(F)cc3Cl)ccc(C(F)(F)F)c2F)cn1. The zero-order valence-corrected chi connectivity index (χ0v) is 16.4. The van der Waals surface area contributed by atoms with Gasteiger partial charge in [0, 0.05) is 0 Å². The molecule has 2 amide bonds. The van der Waals surface area contributed by atoms with Gasteiger partial charge in [-0.15, -0.1) is 0 Å². The molecule has 12 heteroatoms. The number of ether oxygens (including phenoxy) is 1. The number of anilines is 1. The number of pyridine rings is 1. The van der Waals surface area contributed by atoms with Gasteiger partial charge in [0.15, 0.2) is 5.82 Å². The van der Waals surface area contributed by atoms with Crippen LogP contribution in [0.4, 0.5) is 27.6 Å². The van der Waals surface area contributed by atoms with E-state index in [2.05, 4.69) is 10.3 Å². The molecule has 0 fully saturated rings. The number of nitrogens with zero attached hydrogens (tertiary/aromatic N) is 1. The number of primary amides is 1. The van der Waals surface area contributed by atoms with E-state index >= 15 is 0 Å². The van der Waals surface area contributed by atoms with Crippen molar-refractivity contribution in [3.63, 3.8) is 0 Å². The third kappa shape index (κ3) is 4.94. The van der Waals surface area contributed by atoms with E-state index in [0.717, 1.165) is 36.5 Å². The molecule has 32 heavy (non-hydrogen) atoms. The van der Waals surface area contributed by atoms with Gasteiger partial charge in [-0.3, -0.25) is 9.59 Å². The Morgan fingerprint density at radius 1 is 1.03 bits per heavy atom. The average Bonchev–Trinajstić information content (AvgIpc) is 2.69. The minimum absolute atomic E-state index is 0.0671. The number of carbonyl (C=O) groups is 2. The number of nitrogens with two attached hydrogens (primary N) is 1. The highest BCUT2D eigenvalue weighted by atomic mass is 35.5. The quantitative estimate of drug-likeness (QED) is 0.502. The fourth-order valence-corrected chi connectivity index (χ4v) is 2.76. The van der Waals surface area contributed by atoms with Crippen LogP contribution in [-0.4, -0.2) is 16.8 Å². The Kier molecular flexibility index (Phi) is 6.30. The summed E-state index contributed by atoms with van der Waals surface area (Å²) in [6.07, 6.45) is -4.10. The van der Waals surface area contributed by atoms with Gasteiger partial charge in [-0.2, -0.15) is 13.2 Å². The van der Waals surface area contributed by atoms with E-state index in [1.54, 1.807) is 0 Å². The van der Waals surface area contributed by atoms with Crippen LogP contribution in [0, 0.1) is 11.6 Å².